The first-order chi connectivity index (χ1) is 13.7. The number of nitrogens with zero attached hydrogens (tertiary/aromatic N) is 1. The van der Waals surface area contributed by atoms with Crippen LogP contribution in [-0.4, -0.2) is 10.8 Å². The predicted molar refractivity (Wildman–Crippen MR) is 112 cm³/mol. The topological polar surface area (TPSA) is 43.1 Å². The number of fused-ring (bicyclic) bond motifs is 2. The zero-order valence-corrected chi connectivity index (χ0v) is 15.3. The number of benzene rings is 3. The van der Waals surface area contributed by atoms with Crippen LogP contribution >= 0.6 is 0 Å². The minimum absolute atomic E-state index is 0.212. The van der Waals surface area contributed by atoms with E-state index in [-0.39, 0.29) is 5.78 Å². The number of hydrogen-bond acceptors (Lipinski definition) is 3. The highest BCUT2D eigenvalue weighted by atomic mass is 16.3. The Morgan fingerprint density at radius 2 is 1.64 bits per heavy atom. The standard InChI is InChI=1S/C25H17NO2/c1-16-11-12-21-20(13-16)19(17-7-3-2-4-8-17)15-22(26-21)25(27)24-14-18-9-5-6-10-23(18)28-24/h2-15H,1H3. The van der Waals surface area contributed by atoms with Gasteiger partial charge in [0.15, 0.2) is 5.76 Å². The molecule has 0 N–H and O–H groups in total. The highest BCUT2D eigenvalue weighted by molar-refractivity contribution is 6.10. The highest BCUT2D eigenvalue weighted by Crippen LogP contribution is 2.30. The number of para-hydroxylation sites is 1. The summed E-state index contributed by atoms with van der Waals surface area (Å²) in [4.78, 5) is 17.8. The van der Waals surface area contributed by atoms with Crippen molar-refractivity contribution in [1.29, 1.82) is 0 Å². The molecule has 0 amide bonds. The minimum atomic E-state index is -0.212. The minimum Gasteiger partial charge on any atom is -0.453 e. The fourth-order valence-corrected chi connectivity index (χ4v) is 3.53. The van der Waals surface area contributed by atoms with Crippen molar-refractivity contribution in [2.45, 2.75) is 6.92 Å². The van der Waals surface area contributed by atoms with E-state index in [1.807, 2.05) is 72.8 Å². The van der Waals surface area contributed by atoms with Crippen LogP contribution in [0.5, 0.6) is 0 Å². The van der Waals surface area contributed by atoms with Gasteiger partial charge in [-0.1, -0.05) is 60.2 Å². The fraction of sp³-hybridized carbons (Fsp3) is 0.0400. The molecule has 0 unspecified atom stereocenters. The van der Waals surface area contributed by atoms with E-state index in [9.17, 15) is 4.79 Å². The van der Waals surface area contributed by atoms with Crippen LogP contribution in [0.1, 0.15) is 21.8 Å². The third kappa shape index (κ3) is 2.78. The van der Waals surface area contributed by atoms with E-state index in [1.165, 1.54) is 0 Å². The second-order valence-corrected chi connectivity index (χ2v) is 6.92. The van der Waals surface area contributed by atoms with Crippen molar-refractivity contribution in [2.75, 3.05) is 0 Å². The second kappa shape index (κ2) is 6.46. The van der Waals surface area contributed by atoms with Gasteiger partial charge in [0.2, 0.25) is 5.78 Å². The van der Waals surface area contributed by atoms with E-state index >= 15 is 0 Å². The highest BCUT2D eigenvalue weighted by Gasteiger charge is 2.18. The molecule has 3 heteroatoms. The van der Waals surface area contributed by atoms with E-state index in [1.54, 1.807) is 6.07 Å². The van der Waals surface area contributed by atoms with Gasteiger partial charge in [-0.2, -0.15) is 0 Å². The molecule has 0 atom stereocenters. The molecule has 0 aliphatic heterocycles. The average molecular weight is 363 g/mol. The quantitative estimate of drug-likeness (QED) is 0.359. The summed E-state index contributed by atoms with van der Waals surface area (Å²) in [6.45, 7) is 2.06. The predicted octanol–water partition coefficient (Wildman–Crippen LogP) is 6.19. The fourth-order valence-electron chi connectivity index (χ4n) is 3.53. The molecule has 3 nitrogen and oxygen atoms in total. The largest absolute Gasteiger partial charge is 0.453 e. The summed E-state index contributed by atoms with van der Waals surface area (Å²) < 4.78 is 5.77. The molecule has 0 aliphatic rings. The van der Waals surface area contributed by atoms with Crippen LogP contribution in [0.2, 0.25) is 0 Å². The van der Waals surface area contributed by atoms with E-state index in [2.05, 4.69) is 18.0 Å². The second-order valence-electron chi connectivity index (χ2n) is 6.92. The van der Waals surface area contributed by atoms with Gasteiger partial charge in [-0.15, -0.1) is 0 Å². The Hall–Kier alpha value is -3.72. The number of aryl methyl sites for hydroxylation is 1. The summed E-state index contributed by atoms with van der Waals surface area (Å²) in [6.07, 6.45) is 0. The molecule has 2 aromatic heterocycles. The SMILES string of the molecule is Cc1ccc2nc(C(=O)c3cc4ccccc4o3)cc(-c3ccccc3)c2c1. The number of furan rings is 1. The Kier molecular flexibility index (Phi) is 3.80. The van der Waals surface area contributed by atoms with Gasteiger partial charge in [-0.3, -0.25) is 4.79 Å². The molecule has 2 heterocycles. The third-order valence-electron chi connectivity index (χ3n) is 4.93. The van der Waals surface area contributed by atoms with E-state index in [0.717, 1.165) is 33.0 Å². The van der Waals surface area contributed by atoms with Crippen molar-refractivity contribution in [1.82, 2.24) is 4.98 Å². The molecular weight excluding hydrogens is 346 g/mol. The molecule has 28 heavy (non-hydrogen) atoms. The van der Waals surface area contributed by atoms with E-state index in [4.69, 9.17) is 4.42 Å². The smallest absolute Gasteiger partial charge is 0.246 e. The molecule has 0 saturated carbocycles. The van der Waals surface area contributed by atoms with Crippen LogP contribution in [0, 0.1) is 6.92 Å². The van der Waals surface area contributed by atoms with E-state index in [0.29, 0.717) is 17.0 Å². The number of carbonyl (C=O) groups is 1. The Labute approximate surface area is 162 Å². The Bertz CT molecular complexity index is 1300. The zero-order chi connectivity index (χ0) is 19.1. The third-order valence-corrected chi connectivity index (χ3v) is 4.93. The maximum absolute atomic E-state index is 13.2. The van der Waals surface area contributed by atoms with Gasteiger partial charge in [0, 0.05) is 10.8 Å². The Morgan fingerprint density at radius 3 is 2.46 bits per heavy atom. The lowest BCUT2D eigenvalue weighted by Gasteiger charge is -2.10. The normalized spacial score (nSPS) is 11.2. The van der Waals surface area contributed by atoms with Crippen molar-refractivity contribution >= 4 is 27.7 Å². The maximum Gasteiger partial charge on any atom is 0.246 e. The van der Waals surface area contributed by atoms with Crippen LogP contribution in [-0.2, 0) is 0 Å². The number of rotatable bonds is 3. The molecular formula is C25H17NO2. The molecule has 0 bridgehead atoms. The van der Waals surface area contributed by atoms with E-state index < -0.39 is 0 Å². The van der Waals surface area contributed by atoms with Crippen LogP contribution in [0.15, 0.2) is 89.3 Å². The molecule has 134 valence electrons. The van der Waals surface area contributed by atoms with Gasteiger partial charge in [0.05, 0.1) is 5.52 Å². The summed E-state index contributed by atoms with van der Waals surface area (Å²) in [5, 5.41) is 1.94. The van der Waals surface area contributed by atoms with Gasteiger partial charge in [0.25, 0.3) is 0 Å². The number of ketones is 1. The molecule has 5 aromatic rings. The van der Waals surface area contributed by atoms with Crippen molar-refractivity contribution in [2.24, 2.45) is 0 Å². The van der Waals surface area contributed by atoms with Gasteiger partial charge in [0.1, 0.15) is 11.3 Å². The average Bonchev–Trinajstić information content (AvgIpc) is 3.17. The van der Waals surface area contributed by atoms with Gasteiger partial charge in [-0.05, 0) is 48.4 Å². The Morgan fingerprint density at radius 1 is 0.857 bits per heavy atom. The summed E-state index contributed by atoms with van der Waals surface area (Å²) in [6, 6.07) is 27.4. The maximum atomic E-state index is 13.2. The molecule has 0 aliphatic carbocycles. The summed E-state index contributed by atoms with van der Waals surface area (Å²) in [5.41, 5.74) is 5.09. The lowest BCUT2D eigenvalue weighted by molar-refractivity contribution is 0.101. The van der Waals surface area contributed by atoms with Crippen molar-refractivity contribution in [3.05, 3.63) is 102 Å². The number of hydrogen-bond donors (Lipinski definition) is 0. The van der Waals surface area contributed by atoms with Gasteiger partial charge < -0.3 is 4.42 Å². The first-order valence-corrected chi connectivity index (χ1v) is 9.19. The zero-order valence-electron chi connectivity index (χ0n) is 15.3. The molecule has 5 rings (SSSR count). The summed E-state index contributed by atoms with van der Waals surface area (Å²) >= 11 is 0. The summed E-state index contributed by atoms with van der Waals surface area (Å²) in [5.74, 6) is 0.0926. The summed E-state index contributed by atoms with van der Waals surface area (Å²) in [7, 11) is 0. The van der Waals surface area contributed by atoms with Crippen molar-refractivity contribution < 1.29 is 9.21 Å². The number of pyridine rings is 1. The first-order valence-electron chi connectivity index (χ1n) is 9.19. The van der Waals surface area contributed by atoms with Crippen molar-refractivity contribution in [3.8, 4) is 11.1 Å². The molecule has 3 aromatic carbocycles. The number of aromatic nitrogens is 1. The lowest BCUT2D eigenvalue weighted by Crippen LogP contribution is -2.04. The molecule has 0 spiro atoms. The molecule has 0 radical (unpaired) electrons. The van der Waals surface area contributed by atoms with Gasteiger partial charge >= 0.3 is 0 Å². The monoisotopic (exact) mass is 363 g/mol. The van der Waals surface area contributed by atoms with Crippen LogP contribution < -0.4 is 0 Å². The first kappa shape index (κ1) is 16.5. The van der Waals surface area contributed by atoms with Crippen molar-refractivity contribution in [3.63, 3.8) is 0 Å². The number of carbonyl (C=O) groups excluding carboxylic acids is 1. The van der Waals surface area contributed by atoms with Crippen LogP contribution in [0.4, 0.5) is 0 Å². The molecule has 0 fully saturated rings. The van der Waals surface area contributed by atoms with Crippen LogP contribution in [0.25, 0.3) is 33.0 Å². The Balaban J connectivity index is 1.71. The van der Waals surface area contributed by atoms with Gasteiger partial charge in [-0.25, -0.2) is 4.98 Å². The lowest BCUT2D eigenvalue weighted by atomic mass is 9.98. The van der Waals surface area contributed by atoms with Crippen LogP contribution in [0.3, 0.4) is 0 Å². The molecule has 0 saturated heterocycles.